The summed E-state index contributed by atoms with van der Waals surface area (Å²) in [5.74, 6) is 0.704. The first-order valence-corrected chi connectivity index (χ1v) is 7.61. The second-order valence-electron chi connectivity index (χ2n) is 5.26. The Balaban J connectivity index is 1.75. The minimum absolute atomic E-state index is 0.119. The van der Waals surface area contributed by atoms with Crippen LogP contribution >= 0.6 is 0 Å². The molecular formula is C20H21O3. The highest BCUT2D eigenvalue weighted by Gasteiger charge is 2.02. The van der Waals surface area contributed by atoms with Crippen LogP contribution in [0, 0.1) is 6.42 Å². The molecule has 2 aromatic carbocycles. The fourth-order valence-corrected chi connectivity index (χ4v) is 2.22. The van der Waals surface area contributed by atoms with E-state index < -0.39 is 0 Å². The highest BCUT2D eigenvalue weighted by Crippen LogP contribution is 2.26. The average Bonchev–Trinajstić information content (AvgIpc) is 2.59. The number of phenolic OH excluding ortho intramolecular Hbond substituents is 1. The van der Waals surface area contributed by atoms with Crippen molar-refractivity contribution in [2.45, 2.75) is 19.3 Å². The third-order valence-corrected chi connectivity index (χ3v) is 3.52. The highest BCUT2D eigenvalue weighted by atomic mass is 16.5. The highest BCUT2D eigenvalue weighted by molar-refractivity contribution is 5.89. The van der Waals surface area contributed by atoms with E-state index >= 15 is 0 Å². The van der Waals surface area contributed by atoms with Crippen LogP contribution in [0.25, 0.3) is 0 Å². The summed E-state index contributed by atoms with van der Waals surface area (Å²) < 4.78 is 5.07. The Hall–Kier alpha value is -2.55. The second kappa shape index (κ2) is 8.79. The number of carbonyl (C=O) groups is 1. The number of allylic oxidation sites excluding steroid dienone is 2. The monoisotopic (exact) mass is 309 g/mol. The van der Waals surface area contributed by atoms with Crippen LogP contribution in [-0.2, 0) is 17.6 Å². The summed E-state index contributed by atoms with van der Waals surface area (Å²) in [5, 5.41) is 9.54. The molecule has 23 heavy (non-hydrogen) atoms. The Morgan fingerprint density at radius 3 is 2.65 bits per heavy atom. The second-order valence-corrected chi connectivity index (χ2v) is 5.26. The molecule has 0 aliphatic heterocycles. The smallest absolute Gasteiger partial charge is 0.160 e. The lowest BCUT2D eigenvalue weighted by Gasteiger charge is -2.05. The molecule has 3 heteroatoms. The van der Waals surface area contributed by atoms with Crippen molar-refractivity contribution in [2.24, 2.45) is 0 Å². The van der Waals surface area contributed by atoms with E-state index in [-0.39, 0.29) is 11.5 Å². The quantitative estimate of drug-likeness (QED) is 0.752. The normalized spacial score (nSPS) is 10.8. The molecule has 2 rings (SSSR count). The van der Waals surface area contributed by atoms with Gasteiger partial charge in [-0.1, -0.05) is 42.5 Å². The van der Waals surface area contributed by atoms with Gasteiger partial charge in [-0.15, -0.1) is 0 Å². The molecule has 3 nitrogen and oxygen atoms in total. The van der Waals surface area contributed by atoms with Crippen molar-refractivity contribution in [1.29, 1.82) is 0 Å². The van der Waals surface area contributed by atoms with E-state index in [0.717, 1.165) is 12.0 Å². The molecule has 0 saturated heterocycles. The van der Waals surface area contributed by atoms with Gasteiger partial charge in [0, 0.05) is 6.42 Å². The largest absolute Gasteiger partial charge is 0.504 e. The van der Waals surface area contributed by atoms with Crippen molar-refractivity contribution >= 4 is 5.78 Å². The molecule has 0 heterocycles. The molecule has 0 saturated carbocycles. The number of hydrogen-bond donors (Lipinski definition) is 1. The Labute approximate surface area is 137 Å². The minimum atomic E-state index is 0.119. The lowest BCUT2D eigenvalue weighted by Crippen LogP contribution is -1.96. The van der Waals surface area contributed by atoms with Crippen LogP contribution < -0.4 is 4.74 Å². The first kappa shape index (κ1) is 16.8. The van der Waals surface area contributed by atoms with Gasteiger partial charge in [0.25, 0.3) is 0 Å². The third kappa shape index (κ3) is 5.62. The van der Waals surface area contributed by atoms with E-state index in [1.54, 1.807) is 24.3 Å². The Morgan fingerprint density at radius 2 is 1.91 bits per heavy atom. The maximum Gasteiger partial charge on any atom is 0.160 e. The van der Waals surface area contributed by atoms with Crippen LogP contribution in [0.4, 0.5) is 0 Å². The SMILES string of the molecule is COc1cc(C[CH]C=CC(=O)CCc2ccccc2)ccc1O. The molecule has 0 fully saturated rings. The van der Waals surface area contributed by atoms with Crippen LogP contribution in [0.1, 0.15) is 17.5 Å². The first-order chi connectivity index (χ1) is 11.2. The van der Waals surface area contributed by atoms with Crippen molar-refractivity contribution in [3.8, 4) is 11.5 Å². The van der Waals surface area contributed by atoms with Crippen LogP contribution in [0.3, 0.4) is 0 Å². The number of ether oxygens (including phenoxy) is 1. The standard InChI is InChI=1S/C20H21O3/c1-23-20-15-17(12-14-19(20)22)9-5-6-10-18(21)13-11-16-7-3-2-4-8-16/h2-8,10,12,14-15,22H,9,11,13H2,1H3. The van der Waals surface area contributed by atoms with Crippen molar-refractivity contribution < 1.29 is 14.6 Å². The van der Waals surface area contributed by atoms with Gasteiger partial charge in [-0.05, 0) is 48.6 Å². The molecule has 0 aliphatic carbocycles. The number of methoxy groups -OCH3 is 1. The van der Waals surface area contributed by atoms with Crippen LogP contribution in [0.5, 0.6) is 11.5 Å². The Kier molecular flexibility index (Phi) is 6.42. The average molecular weight is 309 g/mol. The third-order valence-electron chi connectivity index (χ3n) is 3.52. The molecule has 1 radical (unpaired) electrons. The van der Waals surface area contributed by atoms with Gasteiger partial charge >= 0.3 is 0 Å². The molecule has 2 aromatic rings. The van der Waals surface area contributed by atoms with Crippen molar-refractivity contribution in [1.82, 2.24) is 0 Å². The van der Waals surface area contributed by atoms with Crippen LogP contribution in [-0.4, -0.2) is 18.0 Å². The summed E-state index contributed by atoms with van der Waals surface area (Å²) in [4.78, 5) is 11.8. The fraction of sp³-hybridized carbons (Fsp3) is 0.200. The summed E-state index contributed by atoms with van der Waals surface area (Å²) >= 11 is 0. The number of hydrogen-bond acceptors (Lipinski definition) is 3. The number of aryl methyl sites for hydroxylation is 1. The topological polar surface area (TPSA) is 46.5 Å². The van der Waals surface area contributed by atoms with Gasteiger partial charge in [-0.2, -0.15) is 0 Å². The molecule has 0 aliphatic rings. The van der Waals surface area contributed by atoms with E-state index in [2.05, 4.69) is 0 Å². The molecule has 0 unspecified atom stereocenters. The van der Waals surface area contributed by atoms with Crippen molar-refractivity contribution in [3.63, 3.8) is 0 Å². The predicted octanol–water partition coefficient (Wildman–Crippen LogP) is 3.91. The number of rotatable bonds is 8. The lowest BCUT2D eigenvalue weighted by atomic mass is 10.1. The van der Waals surface area contributed by atoms with Gasteiger partial charge in [0.1, 0.15) is 0 Å². The Bertz CT molecular complexity index is 660. The summed E-state index contributed by atoms with van der Waals surface area (Å²) in [6, 6.07) is 15.2. The summed E-state index contributed by atoms with van der Waals surface area (Å²) in [7, 11) is 1.52. The molecule has 119 valence electrons. The number of ketones is 1. The fourth-order valence-electron chi connectivity index (χ4n) is 2.22. The van der Waals surface area contributed by atoms with E-state index in [0.29, 0.717) is 18.6 Å². The maximum atomic E-state index is 11.8. The number of benzene rings is 2. The van der Waals surface area contributed by atoms with Gasteiger partial charge in [-0.25, -0.2) is 0 Å². The molecule has 0 bridgehead atoms. The Morgan fingerprint density at radius 1 is 1.13 bits per heavy atom. The zero-order valence-corrected chi connectivity index (χ0v) is 13.2. The van der Waals surface area contributed by atoms with Gasteiger partial charge in [-0.3, -0.25) is 4.79 Å². The van der Waals surface area contributed by atoms with Gasteiger partial charge in [0.15, 0.2) is 17.3 Å². The molecule has 0 atom stereocenters. The van der Waals surface area contributed by atoms with Gasteiger partial charge in [0.05, 0.1) is 7.11 Å². The number of aromatic hydroxyl groups is 1. The van der Waals surface area contributed by atoms with E-state index in [9.17, 15) is 9.90 Å². The van der Waals surface area contributed by atoms with Crippen molar-refractivity contribution in [3.05, 3.63) is 78.2 Å². The van der Waals surface area contributed by atoms with Gasteiger partial charge < -0.3 is 9.84 Å². The molecule has 0 spiro atoms. The number of phenols is 1. The van der Waals surface area contributed by atoms with E-state index in [4.69, 9.17) is 4.74 Å². The minimum Gasteiger partial charge on any atom is -0.504 e. The molecule has 0 aromatic heterocycles. The van der Waals surface area contributed by atoms with E-state index in [1.807, 2.05) is 42.8 Å². The van der Waals surface area contributed by atoms with Crippen molar-refractivity contribution in [2.75, 3.05) is 7.11 Å². The lowest BCUT2D eigenvalue weighted by molar-refractivity contribution is -0.114. The molecule has 1 N–H and O–H groups in total. The van der Waals surface area contributed by atoms with Crippen LogP contribution in [0.15, 0.2) is 60.7 Å². The first-order valence-electron chi connectivity index (χ1n) is 7.61. The molecule has 0 amide bonds. The zero-order valence-electron chi connectivity index (χ0n) is 13.2. The van der Waals surface area contributed by atoms with E-state index in [1.165, 1.54) is 12.7 Å². The van der Waals surface area contributed by atoms with Gasteiger partial charge in [0.2, 0.25) is 0 Å². The summed E-state index contributed by atoms with van der Waals surface area (Å²) in [6.45, 7) is 0. The zero-order chi connectivity index (χ0) is 16.5. The maximum absolute atomic E-state index is 11.8. The summed E-state index contributed by atoms with van der Waals surface area (Å²) in [6.07, 6.45) is 7.28. The molecular weight excluding hydrogens is 288 g/mol. The number of carbonyl (C=O) groups excluding carboxylic acids is 1. The summed E-state index contributed by atoms with van der Waals surface area (Å²) in [5.41, 5.74) is 2.19. The predicted molar refractivity (Wildman–Crippen MR) is 91.6 cm³/mol. The van der Waals surface area contributed by atoms with Crippen LogP contribution in [0.2, 0.25) is 0 Å².